The molecule has 1 aromatic carbocycles. The van der Waals surface area contributed by atoms with Crippen LogP contribution in [0.25, 0.3) is 10.9 Å². The zero-order chi connectivity index (χ0) is 9.10. The highest BCUT2D eigenvalue weighted by atomic mass is 16.2. The van der Waals surface area contributed by atoms with E-state index in [4.69, 9.17) is 5.11 Å². The van der Waals surface area contributed by atoms with E-state index in [9.17, 15) is 0 Å². The molecule has 2 aromatic rings. The predicted molar refractivity (Wildman–Crippen MR) is 50.1 cm³/mol. The van der Waals surface area contributed by atoms with Crippen LogP contribution in [0.3, 0.4) is 0 Å². The van der Waals surface area contributed by atoms with Crippen LogP contribution in [0.5, 0.6) is 0 Å². The lowest BCUT2D eigenvalue weighted by molar-refractivity contribution is 0.350. The van der Waals surface area contributed by atoms with E-state index in [0.717, 1.165) is 16.5 Å². The van der Waals surface area contributed by atoms with E-state index in [1.54, 1.807) is 6.20 Å². The van der Waals surface area contributed by atoms with Gasteiger partial charge in [-0.2, -0.15) is 5.10 Å². The van der Waals surface area contributed by atoms with Crippen LogP contribution in [0, 0.1) is 11.8 Å². The largest absolute Gasteiger partial charge is 0.384 e. The molecule has 13 heavy (non-hydrogen) atoms. The van der Waals surface area contributed by atoms with Crippen LogP contribution < -0.4 is 0 Å². The molecule has 1 heterocycles. The van der Waals surface area contributed by atoms with Gasteiger partial charge in [-0.25, -0.2) is 0 Å². The van der Waals surface area contributed by atoms with Gasteiger partial charge in [-0.15, -0.1) is 0 Å². The third-order valence-electron chi connectivity index (χ3n) is 1.79. The summed E-state index contributed by atoms with van der Waals surface area (Å²) in [6.07, 6.45) is 1.73. The number of nitrogens with one attached hydrogen (secondary N) is 1. The minimum atomic E-state index is -0.117. The molecule has 0 amide bonds. The molecule has 0 aliphatic heterocycles. The lowest BCUT2D eigenvalue weighted by Gasteiger charge is -1.91. The number of H-pyrrole nitrogens is 1. The van der Waals surface area contributed by atoms with Gasteiger partial charge in [0.25, 0.3) is 0 Å². The summed E-state index contributed by atoms with van der Waals surface area (Å²) in [6, 6.07) is 5.74. The Morgan fingerprint density at radius 1 is 1.46 bits per heavy atom. The number of hydrogen-bond acceptors (Lipinski definition) is 2. The standard InChI is InChI=1S/C10H8N2O/c13-6-2-4-8-3-1-5-10-9(8)7-11-12-10/h1,3,5,7,13H,6H2,(H,11,12). The Balaban J connectivity index is 2.61. The van der Waals surface area contributed by atoms with Gasteiger partial charge in [0.2, 0.25) is 0 Å². The lowest BCUT2D eigenvalue weighted by atomic mass is 10.1. The maximum absolute atomic E-state index is 8.55. The predicted octanol–water partition coefficient (Wildman–Crippen LogP) is 0.907. The smallest absolute Gasteiger partial charge is 0.104 e. The quantitative estimate of drug-likeness (QED) is 0.580. The highest BCUT2D eigenvalue weighted by Gasteiger charge is 1.97. The minimum absolute atomic E-state index is 0.117. The van der Waals surface area contributed by atoms with Gasteiger partial charge in [-0.1, -0.05) is 17.9 Å². The molecule has 64 valence electrons. The average molecular weight is 172 g/mol. The zero-order valence-electron chi connectivity index (χ0n) is 6.91. The van der Waals surface area contributed by atoms with E-state index >= 15 is 0 Å². The number of aliphatic hydroxyl groups excluding tert-OH is 1. The summed E-state index contributed by atoms with van der Waals surface area (Å²) in [5.74, 6) is 5.47. The number of fused-ring (bicyclic) bond motifs is 1. The summed E-state index contributed by atoms with van der Waals surface area (Å²) in [5.41, 5.74) is 1.85. The summed E-state index contributed by atoms with van der Waals surface area (Å²) in [6.45, 7) is -0.117. The lowest BCUT2D eigenvalue weighted by Crippen LogP contribution is -1.77. The minimum Gasteiger partial charge on any atom is -0.384 e. The Morgan fingerprint density at radius 2 is 2.38 bits per heavy atom. The van der Waals surface area contributed by atoms with Crippen LogP contribution >= 0.6 is 0 Å². The molecule has 0 bridgehead atoms. The van der Waals surface area contributed by atoms with Gasteiger partial charge in [0.1, 0.15) is 6.61 Å². The zero-order valence-corrected chi connectivity index (χ0v) is 6.91. The second-order valence-electron chi connectivity index (χ2n) is 2.60. The second kappa shape index (κ2) is 3.30. The van der Waals surface area contributed by atoms with Crippen molar-refractivity contribution in [2.75, 3.05) is 6.61 Å². The van der Waals surface area contributed by atoms with Crippen LogP contribution in [0.4, 0.5) is 0 Å². The van der Waals surface area contributed by atoms with Crippen LogP contribution in [0.15, 0.2) is 24.4 Å². The van der Waals surface area contributed by atoms with Gasteiger partial charge < -0.3 is 5.11 Å². The normalized spacial score (nSPS) is 9.62. The average Bonchev–Trinajstić information content (AvgIpc) is 2.62. The fraction of sp³-hybridized carbons (Fsp3) is 0.100. The maximum atomic E-state index is 8.55. The van der Waals surface area contributed by atoms with Crippen LogP contribution in [-0.4, -0.2) is 21.9 Å². The topological polar surface area (TPSA) is 48.9 Å². The Hall–Kier alpha value is -1.79. The molecule has 3 heteroatoms. The molecule has 0 aliphatic carbocycles. The summed E-state index contributed by atoms with van der Waals surface area (Å²) in [7, 11) is 0. The van der Waals surface area contributed by atoms with Crippen LogP contribution in [-0.2, 0) is 0 Å². The van der Waals surface area contributed by atoms with Crippen molar-refractivity contribution >= 4 is 10.9 Å². The van der Waals surface area contributed by atoms with Gasteiger partial charge in [-0.3, -0.25) is 5.10 Å². The fourth-order valence-corrected chi connectivity index (χ4v) is 1.21. The molecular formula is C10H8N2O. The van der Waals surface area contributed by atoms with Gasteiger partial charge >= 0.3 is 0 Å². The SMILES string of the molecule is OCC#Cc1cccc2[nH]ncc12. The molecule has 0 unspecified atom stereocenters. The number of hydrogen-bond donors (Lipinski definition) is 2. The van der Waals surface area contributed by atoms with Crippen molar-refractivity contribution in [2.45, 2.75) is 0 Å². The monoisotopic (exact) mass is 172 g/mol. The summed E-state index contributed by atoms with van der Waals surface area (Å²) >= 11 is 0. The van der Waals surface area contributed by atoms with Crippen molar-refractivity contribution in [3.8, 4) is 11.8 Å². The number of aromatic nitrogens is 2. The van der Waals surface area contributed by atoms with Gasteiger partial charge in [0, 0.05) is 10.9 Å². The van der Waals surface area contributed by atoms with Crippen molar-refractivity contribution in [3.05, 3.63) is 30.0 Å². The Bertz CT molecular complexity index is 476. The van der Waals surface area contributed by atoms with Crippen LogP contribution in [0.2, 0.25) is 0 Å². The Morgan fingerprint density at radius 3 is 3.23 bits per heavy atom. The van der Waals surface area contributed by atoms with Crippen molar-refractivity contribution in [3.63, 3.8) is 0 Å². The molecule has 0 atom stereocenters. The number of aromatic amines is 1. The fourth-order valence-electron chi connectivity index (χ4n) is 1.21. The first kappa shape index (κ1) is 7.84. The van der Waals surface area contributed by atoms with Gasteiger partial charge in [0.15, 0.2) is 0 Å². The van der Waals surface area contributed by atoms with E-state index in [1.807, 2.05) is 18.2 Å². The third-order valence-corrected chi connectivity index (χ3v) is 1.79. The van der Waals surface area contributed by atoms with Gasteiger partial charge in [0.05, 0.1) is 11.7 Å². The maximum Gasteiger partial charge on any atom is 0.104 e. The molecule has 2 N–H and O–H groups in total. The first-order valence-electron chi connectivity index (χ1n) is 3.93. The van der Waals surface area contributed by atoms with E-state index in [1.165, 1.54) is 0 Å². The number of aliphatic hydroxyl groups is 1. The molecule has 0 aliphatic rings. The summed E-state index contributed by atoms with van der Waals surface area (Å²) in [5, 5.41) is 16.3. The van der Waals surface area contributed by atoms with E-state index in [0.29, 0.717) is 0 Å². The second-order valence-corrected chi connectivity index (χ2v) is 2.60. The highest BCUT2D eigenvalue weighted by molar-refractivity contribution is 5.84. The first-order chi connectivity index (χ1) is 6.42. The summed E-state index contributed by atoms with van der Waals surface area (Å²) < 4.78 is 0. The van der Waals surface area contributed by atoms with E-state index in [2.05, 4.69) is 22.0 Å². The number of nitrogens with zero attached hydrogens (tertiary/aromatic N) is 1. The Labute approximate surface area is 75.4 Å². The van der Waals surface area contributed by atoms with Crippen molar-refractivity contribution < 1.29 is 5.11 Å². The van der Waals surface area contributed by atoms with Crippen molar-refractivity contribution in [2.24, 2.45) is 0 Å². The molecule has 0 radical (unpaired) electrons. The molecule has 0 spiro atoms. The Kier molecular flexibility index (Phi) is 1.99. The first-order valence-corrected chi connectivity index (χ1v) is 3.93. The molecule has 0 saturated carbocycles. The van der Waals surface area contributed by atoms with E-state index in [-0.39, 0.29) is 6.61 Å². The van der Waals surface area contributed by atoms with Crippen LogP contribution in [0.1, 0.15) is 5.56 Å². The number of rotatable bonds is 0. The van der Waals surface area contributed by atoms with Crippen molar-refractivity contribution in [1.29, 1.82) is 0 Å². The molecule has 3 nitrogen and oxygen atoms in total. The molecule has 0 saturated heterocycles. The molecular weight excluding hydrogens is 164 g/mol. The van der Waals surface area contributed by atoms with Gasteiger partial charge in [-0.05, 0) is 12.1 Å². The van der Waals surface area contributed by atoms with E-state index < -0.39 is 0 Å². The molecule has 2 rings (SSSR count). The molecule has 1 aromatic heterocycles. The highest BCUT2D eigenvalue weighted by Crippen LogP contribution is 2.14. The third kappa shape index (κ3) is 1.40. The number of benzene rings is 1. The van der Waals surface area contributed by atoms with Crippen molar-refractivity contribution in [1.82, 2.24) is 10.2 Å². The molecule has 0 fully saturated rings. The summed E-state index contributed by atoms with van der Waals surface area (Å²) in [4.78, 5) is 0.